The lowest BCUT2D eigenvalue weighted by molar-refractivity contribution is -0.136. The molecule has 0 spiro atoms. The summed E-state index contributed by atoms with van der Waals surface area (Å²) >= 11 is 1.51. The Hall–Kier alpha value is -1.42. The fourth-order valence-corrected chi connectivity index (χ4v) is 2.25. The monoisotopic (exact) mass is 222 g/mol. The topological polar surface area (TPSA) is 50.4 Å². The highest BCUT2D eigenvalue weighted by Crippen LogP contribution is 2.29. The lowest BCUT2D eigenvalue weighted by atomic mass is 10.3. The Labute approximate surface area is 91.1 Å². The maximum atomic E-state index is 10.4. The van der Waals surface area contributed by atoms with Gasteiger partial charge in [0, 0.05) is 11.1 Å². The number of carbonyl (C=O) groups is 1. The van der Waals surface area contributed by atoms with Crippen molar-refractivity contribution in [3.63, 3.8) is 0 Å². The van der Waals surface area contributed by atoms with Crippen molar-refractivity contribution >= 4 is 28.7 Å². The molecule has 0 saturated carbocycles. The van der Waals surface area contributed by atoms with Gasteiger partial charge in [0.2, 0.25) is 0 Å². The second-order valence-electron chi connectivity index (χ2n) is 3.09. The predicted octanol–water partition coefficient (Wildman–Crippen LogP) is 3.00. The zero-order chi connectivity index (χ0) is 10.7. The summed E-state index contributed by atoms with van der Waals surface area (Å²) in [7, 11) is 0. The lowest BCUT2D eigenvalue weighted by Crippen LogP contribution is -1.95. The zero-order valence-electron chi connectivity index (χ0n) is 7.97. The standard InChI is InChI=1S/C11H10O3S/c12-11(13)5-6-15-10-7-14-9-4-2-1-3-8(9)10/h1-4,7H,5-6H2,(H,12,13). The molecule has 1 heterocycles. The van der Waals surface area contributed by atoms with Gasteiger partial charge < -0.3 is 9.52 Å². The second-order valence-corrected chi connectivity index (χ2v) is 4.23. The Morgan fingerprint density at radius 2 is 2.20 bits per heavy atom. The molecule has 2 rings (SSSR count). The van der Waals surface area contributed by atoms with Crippen LogP contribution in [0.5, 0.6) is 0 Å². The molecule has 2 aromatic rings. The van der Waals surface area contributed by atoms with Crippen LogP contribution in [0.25, 0.3) is 11.0 Å². The summed E-state index contributed by atoms with van der Waals surface area (Å²) in [5, 5.41) is 9.57. The Kier molecular flexibility index (Phi) is 2.97. The molecule has 0 atom stereocenters. The quantitative estimate of drug-likeness (QED) is 0.808. The third-order valence-electron chi connectivity index (χ3n) is 2.02. The highest BCUT2D eigenvalue weighted by molar-refractivity contribution is 7.99. The van der Waals surface area contributed by atoms with E-state index in [-0.39, 0.29) is 6.42 Å². The number of rotatable bonds is 4. The fraction of sp³-hybridized carbons (Fsp3) is 0.182. The number of thioether (sulfide) groups is 1. The summed E-state index contributed by atoms with van der Waals surface area (Å²) in [6.45, 7) is 0. The Bertz CT molecular complexity index is 475. The van der Waals surface area contributed by atoms with Crippen LogP contribution in [-0.2, 0) is 4.79 Å². The van der Waals surface area contributed by atoms with Crippen molar-refractivity contribution in [2.24, 2.45) is 0 Å². The van der Waals surface area contributed by atoms with Crippen LogP contribution in [0.2, 0.25) is 0 Å². The largest absolute Gasteiger partial charge is 0.481 e. The van der Waals surface area contributed by atoms with Crippen molar-refractivity contribution in [1.29, 1.82) is 0 Å². The lowest BCUT2D eigenvalue weighted by Gasteiger charge is -1.95. The number of aliphatic carboxylic acids is 1. The SMILES string of the molecule is O=C(O)CCSc1coc2ccccc12. The van der Waals surface area contributed by atoms with E-state index in [1.165, 1.54) is 11.8 Å². The Morgan fingerprint density at radius 1 is 1.40 bits per heavy atom. The first-order chi connectivity index (χ1) is 7.27. The minimum Gasteiger partial charge on any atom is -0.481 e. The first-order valence-electron chi connectivity index (χ1n) is 4.58. The van der Waals surface area contributed by atoms with Crippen LogP contribution in [0.15, 0.2) is 39.8 Å². The van der Waals surface area contributed by atoms with Crippen molar-refractivity contribution in [3.8, 4) is 0 Å². The molecule has 1 N–H and O–H groups in total. The van der Waals surface area contributed by atoms with Gasteiger partial charge in [-0.3, -0.25) is 4.79 Å². The minimum absolute atomic E-state index is 0.171. The third kappa shape index (κ3) is 2.33. The predicted molar refractivity (Wildman–Crippen MR) is 59.2 cm³/mol. The molecule has 0 aliphatic heterocycles. The van der Waals surface area contributed by atoms with Gasteiger partial charge in [-0.2, -0.15) is 0 Å². The highest BCUT2D eigenvalue weighted by atomic mass is 32.2. The zero-order valence-corrected chi connectivity index (χ0v) is 8.79. The van der Waals surface area contributed by atoms with Crippen LogP contribution >= 0.6 is 11.8 Å². The number of furan rings is 1. The summed E-state index contributed by atoms with van der Waals surface area (Å²) in [6.07, 6.45) is 1.85. The van der Waals surface area contributed by atoms with E-state index in [2.05, 4.69) is 0 Å². The molecule has 4 heteroatoms. The third-order valence-corrected chi connectivity index (χ3v) is 3.05. The molecule has 78 valence electrons. The van der Waals surface area contributed by atoms with E-state index in [0.29, 0.717) is 5.75 Å². The molecule has 0 fully saturated rings. The molecule has 0 aliphatic rings. The normalized spacial score (nSPS) is 10.7. The molecule has 0 amide bonds. The molecular weight excluding hydrogens is 212 g/mol. The van der Waals surface area contributed by atoms with Crippen LogP contribution in [0.1, 0.15) is 6.42 Å². The van der Waals surface area contributed by atoms with Gasteiger partial charge in [0.1, 0.15) is 11.8 Å². The van der Waals surface area contributed by atoms with Crippen molar-refractivity contribution in [3.05, 3.63) is 30.5 Å². The number of hydrogen-bond acceptors (Lipinski definition) is 3. The van der Waals surface area contributed by atoms with Crippen LogP contribution in [0.4, 0.5) is 0 Å². The van der Waals surface area contributed by atoms with E-state index in [4.69, 9.17) is 9.52 Å². The molecule has 0 saturated heterocycles. The average Bonchev–Trinajstić information content (AvgIpc) is 2.62. The number of para-hydroxylation sites is 1. The highest BCUT2D eigenvalue weighted by Gasteiger charge is 2.06. The second kappa shape index (κ2) is 4.40. The average molecular weight is 222 g/mol. The number of benzene rings is 1. The first kappa shape index (κ1) is 10.1. The molecular formula is C11H10O3S. The number of carboxylic acid groups (broad SMARTS) is 1. The van der Waals surface area contributed by atoms with Gasteiger partial charge in [0.15, 0.2) is 0 Å². The van der Waals surface area contributed by atoms with Crippen molar-refractivity contribution < 1.29 is 14.3 Å². The Morgan fingerprint density at radius 3 is 3.00 bits per heavy atom. The fourth-order valence-electron chi connectivity index (χ4n) is 1.31. The molecule has 15 heavy (non-hydrogen) atoms. The van der Waals surface area contributed by atoms with Crippen molar-refractivity contribution in [1.82, 2.24) is 0 Å². The summed E-state index contributed by atoms with van der Waals surface area (Å²) < 4.78 is 5.34. The molecule has 0 unspecified atom stereocenters. The minimum atomic E-state index is -0.768. The summed E-state index contributed by atoms with van der Waals surface area (Å²) in [4.78, 5) is 11.4. The molecule has 0 aliphatic carbocycles. The summed E-state index contributed by atoms with van der Waals surface area (Å²) in [5.74, 6) is -0.200. The Balaban J connectivity index is 2.11. The molecule has 3 nitrogen and oxygen atoms in total. The van der Waals surface area contributed by atoms with Gasteiger partial charge in [0.05, 0.1) is 11.3 Å². The summed E-state index contributed by atoms with van der Waals surface area (Å²) in [5.41, 5.74) is 0.843. The maximum absolute atomic E-state index is 10.4. The van der Waals surface area contributed by atoms with Crippen LogP contribution in [0.3, 0.4) is 0 Å². The van der Waals surface area contributed by atoms with Crippen molar-refractivity contribution in [2.45, 2.75) is 11.3 Å². The number of carboxylic acids is 1. The van der Waals surface area contributed by atoms with Gasteiger partial charge in [-0.1, -0.05) is 12.1 Å². The van der Waals surface area contributed by atoms with Gasteiger partial charge >= 0.3 is 5.97 Å². The van der Waals surface area contributed by atoms with E-state index in [1.54, 1.807) is 6.26 Å². The van der Waals surface area contributed by atoms with E-state index < -0.39 is 5.97 Å². The maximum Gasteiger partial charge on any atom is 0.304 e. The van der Waals surface area contributed by atoms with E-state index in [0.717, 1.165) is 15.9 Å². The molecule has 1 aromatic carbocycles. The van der Waals surface area contributed by atoms with Gasteiger partial charge in [-0.15, -0.1) is 11.8 Å². The molecule has 0 bridgehead atoms. The van der Waals surface area contributed by atoms with Gasteiger partial charge in [0.25, 0.3) is 0 Å². The van der Waals surface area contributed by atoms with Gasteiger partial charge in [-0.25, -0.2) is 0 Å². The number of fused-ring (bicyclic) bond motifs is 1. The van der Waals surface area contributed by atoms with Gasteiger partial charge in [-0.05, 0) is 12.1 Å². The van der Waals surface area contributed by atoms with Crippen LogP contribution in [0, 0.1) is 0 Å². The van der Waals surface area contributed by atoms with Crippen LogP contribution < -0.4 is 0 Å². The first-order valence-corrected chi connectivity index (χ1v) is 5.57. The van der Waals surface area contributed by atoms with E-state index in [9.17, 15) is 4.79 Å². The summed E-state index contributed by atoms with van der Waals surface area (Å²) in [6, 6.07) is 7.73. The van der Waals surface area contributed by atoms with Crippen LogP contribution in [-0.4, -0.2) is 16.8 Å². The molecule has 1 aromatic heterocycles. The molecule has 0 radical (unpaired) electrons. The van der Waals surface area contributed by atoms with E-state index in [1.807, 2.05) is 24.3 Å². The van der Waals surface area contributed by atoms with E-state index >= 15 is 0 Å². The smallest absolute Gasteiger partial charge is 0.304 e. The number of hydrogen-bond donors (Lipinski definition) is 1. The van der Waals surface area contributed by atoms with Crippen molar-refractivity contribution in [2.75, 3.05) is 5.75 Å².